The maximum absolute atomic E-state index is 11.9. The van der Waals surface area contributed by atoms with Crippen LogP contribution in [0.3, 0.4) is 0 Å². The molecule has 8 nitrogen and oxygen atoms in total. The monoisotopic (exact) mass is 338 g/mol. The van der Waals surface area contributed by atoms with Crippen molar-refractivity contribution < 1.29 is 37.9 Å². The van der Waals surface area contributed by atoms with Gasteiger partial charge in [-0.1, -0.05) is 6.92 Å². The van der Waals surface area contributed by atoms with Crippen molar-refractivity contribution in [2.45, 2.75) is 25.5 Å². The van der Waals surface area contributed by atoms with Crippen LogP contribution in [-0.4, -0.2) is 65.8 Å². The van der Waals surface area contributed by atoms with E-state index < -0.39 is 31.4 Å². The lowest BCUT2D eigenvalue weighted by atomic mass is 10.2. The number of likely N-dealkylation sites (N-methyl/N-ethyl adjacent to an activating group) is 1. The van der Waals surface area contributed by atoms with Crippen LogP contribution in [0.4, 0.5) is 0 Å². The largest absolute Gasteiger partial charge is 0.463 e. The summed E-state index contributed by atoms with van der Waals surface area (Å²) in [6.45, 7) is 2.95. The average molecular weight is 338 g/mol. The summed E-state index contributed by atoms with van der Waals surface area (Å²) < 4.78 is 21.4. The maximum Gasteiger partial charge on any atom is 0.389 e. The van der Waals surface area contributed by atoms with E-state index in [-0.39, 0.29) is 17.5 Å². The van der Waals surface area contributed by atoms with Crippen LogP contribution in [0, 0.1) is 0 Å². The molecule has 0 aliphatic heterocycles. The molecule has 0 heterocycles. The minimum Gasteiger partial charge on any atom is -0.463 e. The molecular formula is C13H25NO7P+. The molecule has 0 radical (unpaired) electrons. The number of quaternary nitrogens is 1. The fraction of sp³-hybridized carbons (Fsp3) is 0.692. The first-order valence-corrected chi connectivity index (χ1v) is 8.41. The predicted octanol–water partition coefficient (Wildman–Crippen LogP) is 0.639. The Morgan fingerprint density at radius 2 is 1.55 bits per heavy atom. The second-order valence-electron chi connectivity index (χ2n) is 5.59. The highest BCUT2D eigenvalue weighted by Gasteiger charge is 2.57. The summed E-state index contributed by atoms with van der Waals surface area (Å²) in [5, 5.41) is -1.56. The lowest BCUT2D eigenvalue weighted by Gasteiger charge is -2.44. The van der Waals surface area contributed by atoms with E-state index in [2.05, 4.69) is 4.74 Å². The first kappa shape index (κ1) is 20.8. The average Bonchev–Trinajstić information content (AvgIpc) is 2.34. The Balaban J connectivity index is 5.05. The maximum atomic E-state index is 11.9. The highest BCUT2D eigenvalue weighted by atomic mass is 31.2. The van der Waals surface area contributed by atoms with E-state index in [9.17, 15) is 23.9 Å². The van der Waals surface area contributed by atoms with Crippen LogP contribution in [0.15, 0.2) is 12.2 Å². The van der Waals surface area contributed by atoms with E-state index in [1.165, 1.54) is 0 Å². The minimum absolute atomic E-state index is 0.0807. The van der Waals surface area contributed by atoms with E-state index >= 15 is 0 Å². The van der Waals surface area contributed by atoms with Gasteiger partial charge in [-0.2, -0.15) is 0 Å². The van der Waals surface area contributed by atoms with Gasteiger partial charge >= 0.3 is 19.5 Å². The van der Waals surface area contributed by atoms with Crippen molar-refractivity contribution in [1.82, 2.24) is 0 Å². The van der Waals surface area contributed by atoms with Crippen LogP contribution in [0.25, 0.3) is 0 Å². The van der Waals surface area contributed by atoms with Gasteiger partial charge in [-0.3, -0.25) is 4.57 Å². The topological polar surface area (TPSA) is 110 Å². The quantitative estimate of drug-likeness (QED) is 0.289. The number of rotatable bonds is 8. The van der Waals surface area contributed by atoms with E-state index in [1.54, 1.807) is 35.0 Å². The molecule has 0 rings (SSSR count). The molecule has 0 aromatic carbocycles. The Bertz CT molecular complexity index is 477. The van der Waals surface area contributed by atoms with Crippen LogP contribution in [-0.2, 0) is 23.6 Å². The lowest BCUT2D eigenvalue weighted by molar-refractivity contribution is -0.910. The summed E-state index contributed by atoms with van der Waals surface area (Å²) in [7, 11) is 0.294. The van der Waals surface area contributed by atoms with Gasteiger partial charge in [0.25, 0.3) is 0 Å². The smallest absolute Gasteiger partial charge is 0.389 e. The second kappa shape index (κ2) is 7.87. The molecule has 0 saturated carbocycles. The molecule has 2 N–H and O–H groups in total. The Morgan fingerprint density at radius 1 is 1.09 bits per heavy atom. The molecule has 0 spiro atoms. The van der Waals surface area contributed by atoms with Gasteiger partial charge in [0.05, 0.1) is 27.7 Å². The van der Waals surface area contributed by atoms with Gasteiger partial charge in [0.2, 0.25) is 5.28 Å². The van der Waals surface area contributed by atoms with Crippen LogP contribution in [0.1, 0.15) is 20.3 Å². The number of ether oxygens (including phenoxy) is 2. The molecule has 9 heteroatoms. The number of carbonyl (C=O) groups is 2. The van der Waals surface area contributed by atoms with Crippen LogP contribution >= 0.6 is 7.60 Å². The Labute approximate surface area is 130 Å². The third-order valence-corrected chi connectivity index (χ3v) is 5.57. The molecule has 0 bridgehead atoms. The molecule has 0 saturated heterocycles. The molecule has 1 atom stereocenters. The molecule has 0 aromatic heterocycles. The van der Waals surface area contributed by atoms with Crippen molar-refractivity contribution in [3.63, 3.8) is 0 Å². The van der Waals surface area contributed by atoms with Crippen molar-refractivity contribution >= 4 is 19.5 Å². The number of nitrogens with zero attached hydrogens (tertiary/aromatic N) is 1. The van der Waals surface area contributed by atoms with Gasteiger partial charge in [0, 0.05) is 18.6 Å². The van der Waals surface area contributed by atoms with E-state index in [1.807, 2.05) is 0 Å². The van der Waals surface area contributed by atoms with Crippen molar-refractivity contribution in [2.75, 3.05) is 34.4 Å². The van der Waals surface area contributed by atoms with Gasteiger partial charge in [0.1, 0.15) is 0 Å². The fourth-order valence-corrected chi connectivity index (χ4v) is 3.44. The Morgan fingerprint density at radius 3 is 1.86 bits per heavy atom. The Hall–Kier alpha value is -1.21. The van der Waals surface area contributed by atoms with Crippen molar-refractivity contribution in [3.8, 4) is 0 Å². The normalized spacial score (nSPS) is 15.4. The zero-order valence-electron chi connectivity index (χ0n) is 13.6. The first-order valence-electron chi connectivity index (χ1n) is 6.80. The number of hydrogen-bond acceptors (Lipinski definition) is 5. The zero-order chi connectivity index (χ0) is 17.6. The third kappa shape index (κ3) is 5.21. The van der Waals surface area contributed by atoms with Gasteiger partial charge in [-0.15, -0.1) is 0 Å². The van der Waals surface area contributed by atoms with Crippen molar-refractivity contribution in [3.05, 3.63) is 12.2 Å². The number of hydrogen-bond donors (Lipinski definition) is 2. The molecular weight excluding hydrogens is 313 g/mol. The molecule has 0 aliphatic rings. The number of esters is 2. The van der Waals surface area contributed by atoms with Crippen LogP contribution < -0.4 is 0 Å². The zero-order valence-corrected chi connectivity index (χ0v) is 14.5. The lowest BCUT2D eigenvalue weighted by Crippen LogP contribution is -2.59. The summed E-state index contributed by atoms with van der Waals surface area (Å²) in [5.41, 5.74) is 0. The summed E-state index contributed by atoms with van der Waals surface area (Å²) >= 11 is 0. The Kier molecular flexibility index (Phi) is 7.44. The summed E-state index contributed by atoms with van der Waals surface area (Å²) in [6, 6.07) is 0. The first-order chi connectivity index (χ1) is 9.91. The van der Waals surface area contributed by atoms with E-state index in [4.69, 9.17) is 4.74 Å². The molecule has 0 amide bonds. The number of carbonyl (C=O) groups excluding carboxylic acids is 2. The van der Waals surface area contributed by atoms with Crippen LogP contribution in [0.2, 0.25) is 0 Å². The fourth-order valence-electron chi connectivity index (χ4n) is 2.01. The summed E-state index contributed by atoms with van der Waals surface area (Å²) in [6.07, 6.45) is 1.88. The van der Waals surface area contributed by atoms with Crippen molar-refractivity contribution in [2.24, 2.45) is 0 Å². The van der Waals surface area contributed by atoms with Gasteiger partial charge < -0.3 is 23.7 Å². The van der Waals surface area contributed by atoms with Crippen LogP contribution in [0.5, 0.6) is 0 Å². The minimum atomic E-state index is -4.55. The van der Waals surface area contributed by atoms with Gasteiger partial charge in [0.15, 0.2) is 6.61 Å². The van der Waals surface area contributed by atoms with Gasteiger partial charge in [-0.25, -0.2) is 9.59 Å². The highest BCUT2D eigenvalue weighted by molar-refractivity contribution is 7.53. The molecule has 22 heavy (non-hydrogen) atoms. The SMILES string of the molecule is CCOC(=O)/C=C\C(=O)OCC(CC)([N+](C)(C)C)P(=O)(O)O. The highest BCUT2D eigenvalue weighted by Crippen LogP contribution is 2.55. The third-order valence-electron chi connectivity index (χ3n) is 3.44. The molecule has 0 aliphatic carbocycles. The molecule has 1 unspecified atom stereocenters. The summed E-state index contributed by atoms with van der Waals surface area (Å²) in [5.74, 6) is -1.56. The van der Waals surface area contributed by atoms with Crippen molar-refractivity contribution in [1.29, 1.82) is 0 Å². The predicted molar refractivity (Wildman–Crippen MR) is 79.8 cm³/mol. The molecule has 0 fully saturated rings. The molecule has 0 aromatic rings. The summed E-state index contributed by atoms with van der Waals surface area (Å²) in [4.78, 5) is 42.0. The van der Waals surface area contributed by atoms with Gasteiger partial charge in [-0.05, 0) is 6.92 Å². The molecule has 128 valence electrons. The standard InChI is InChI=1S/C13H24NO7P/c1-6-13(14(3,4)5,22(17,18)19)10-21-12(16)9-8-11(15)20-7-2/h8-9H,6-7,10H2,1-5H3,(H-,17,18,19)/p+1/b9-8-. The van der Waals surface area contributed by atoms with E-state index in [0.717, 1.165) is 12.2 Å². The second-order valence-corrected chi connectivity index (χ2v) is 7.51. The van der Waals surface area contributed by atoms with E-state index in [0.29, 0.717) is 0 Å².